The smallest absolute Gasteiger partial charge is 0.311 e. The molecule has 1 N–H and O–H groups in total. The first kappa shape index (κ1) is 15.4. The lowest BCUT2D eigenvalue weighted by Crippen LogP contribution is -2.49. The second-order valence-corrected chi connectivity index (χ2v) is 7.64. The van der Waals surface area contributed by atoms with Crippen molar-refractivity contribution in [3.63, 3.8) is 0 Å². The van der Waals surface area contributed by atoms with E-state index in [1.807, 2.05) is 18.2 Å². The third-order valence-corrected chi connectivity index (χ3v) is 5.97. The first-order valence-corrected chi connectivity index (χ1v) is 8.78. The van der Waals surface area contributed by atoms with Gasteiger partial charge in [0.15, 0.2) is 0 Å². The van der Waals surface area contributed by atoms with E-state index in [2.05, 4.69) is 6.07 Å². The maximum absolute atomic E-state index is 12.9. The SMILES string of the molecule is CC1(C(=O)O)CCCN(C(=O)C2SCCc3ccccc32)C1. The Morgan fingerprint density at radius 3 is 2.91 bits per heavy atom. The highest BCUT2D eigenvalue weighted by Gasteiger charge is 2.41. The van der Waals surface area contributed by atoms with Gasteiger partial charge in [-0.15, -0.1) is 11.8 Å². The lowest BCUT2D eigenvalue weighted by atomic mass is 9.82. The number of aliphatic carboxylic acids is 1. The second kappa shape index (κ2) is 5.95. The molecule has 1 aromatic carbocycles. The van der Waals surface area contributed by atoms with Crippen molar-refractivity contribution in [1.82, 2.24) is 4.90 Å². The number of piperidine rings is 1. The van der Waals surface area contributed by atoms with E-state index < -0.39 is 11.4 Å². The zero-order chi connectivity index (χ0) is 15.7. The summed E-state index contributed by atoms with van der Waals surface area (Å²) in [5.74, 6) is 0.211. The van der Waals surface area contributed by atoms with Gasteiger partial charge < -0.3 is 10.0 Å². The molecule has 1 amide bonds. The maximum atomic E-state index is 12.9. The highest BCUT2D eigenvalue weighted by atomic mass is 32.2. The van der Waals surface area contributed by atoms with Crippen LogP contribution in [0.3, 0.4) is 0 Å². The van der Waals surface area contributed by atoms with Crippen molar-refractivity contribution in [2.75, 3.05) is 18.8 Å². The van der Waals surface area contributed by atoms with Crippen molar-refractivity contribution in [2.45, 2.75) is 31.4 Å². The maximum Gasteiger partial charge on any atom is 0.311 e. The quantitative estimate of drug-likeness (QED) is 0.910. The van der Waals surface area contributed by atoms with Crippen molar-refractivity contribution in [3.05, 3.63) is 35.4 Å². The number of rotatable bonds is 2. The molecule has 2 aliphatic rings. The van der Waals surface area contributed by atoms with E-state index in [0.717, 1.165) is 24.2 Å². The number of amides is 1. The van der Waals surface area contributed by atoms with Crippen LogP contribution in [0.1, 0.15) is 36.1 Å². The van der Waals surface area contributed by atoms with Gasteiger partial charge in [-0.25, -0.2) is 0 Å². The largest absolute Gasteiger partial charge is 0.481 e. The number of fused-ring (bicyclic) bond motifs is 1. The van der Waals surface area contributed by atoms with Gasteiger partial charge >= 0.3 is 5.97 Å². The van der Waals surface area contributed by atoms with E-state index in [0.29, 0.717) is 19.5 Å². The molecular formula is C17H21NO3S. The summed E-state index contributed by atoms with van der Waals surface area (Å²) in [7, 11) is 0. The zero-order valence-corrected chi connectivity index (χ0v) is 13.6. The van der Waals surface area contributed by atoms with Gasteiger partial charge in [0.25, 0.3) is 0 Å². The molecular weight excluding hydrogens is 298 g/mol. The number of nitrogens with zero attached hydrogens (tertiary/aromatic N) is 1. The standard InChI is InChI=1S/C17H21NO3S/c1-17(16(20)21)8-4-9-18(11-17)15(19)14-13-6-3-2-5-12(13)7-10-22-14/h2-3,5-6,14H,4,7-11H2,1H3,(H,20,21). The minimum atomic E-state index is -0.813. The van der Waals surface area contributed by atoms with Crippen LogP contribution in [0.25, 0.3) is 0 Å². The van der Waals surface area contributed by atoms with Crippen LogP contribution < -0.4 is 0 Å². The number of likely N-dealkylation sites (tertiary alicyclic amines) is 1. The fourth-order valence-corrected chi connectivity index (χ4v) is 4.64. The highest BCUT2D eigenvalue weighted by molar-refractivity contribution is 8.00. The van der Waals surface area contributed by atoms with Crippen LogP contribution in [0.15, 0.2) is 24.3 Å². The number of carboxylic acids is 1. The van der Waals surface area contributed by atoms with E-state index in [-0.39, 0.29) is 11.2 Å². The molecule has 2 unspecified atom stereocenters. The normalized spacial score (nSPS) is 28.0. The Labute approximate surface area is 134 Å². The Morgan fingerprint density at radius 2 is 2.14 bits per heavy atom. The fraction of sp³-hybridized carbons (Fsp3) is 0.529. The molecule has 3 rings (SSSR count). The Balaban J connectivity index is 1.82. The molecule has 0 aliphatic carbocycles. The van der Waals surface area contributed by atoms with Gasteiger partial charge in [0.05, 0.1) is 5.41 Å². The topological polar surface area (TPSA) is 57.6 Å². The van der Waals surface area contributed by atoms with E-state index in [1.54, 1.807) is 23.6 Å². The summed E-state index contributed by atoms with van der Waals surface area (Å²) in [4.78, 5) is 26.2. The number of hydrogen-bond acceptors (Lipinski definition) is 3. The van der Waals surface area contributed by atoms with Gasteiger partial charge in [-0.1, -0.05) is 24.3 Å². The summed E-state index contributed by atoms with van der Waals surface area (Å²) in [6, 6.07) is 8.11. The zero-order valence-electron chi connectivity index (χ0n) is 12.7. The van der Waals surface area contributed by atoms with Crippen LogP contribution in [-0.4, -0.2) is 40.7 Å². The molecule has 5 heteroatoms. The lowest BCUT2D eigenvalue weighted by Gasteiger charge is -2.39. The Bertz CT molecular complexity index is 603. The van der Waals surface area contributed by atoms with E-state index in [9.17, 15) is 14.7 Å². The monoisotopic (exact) mass is 319 g/mol. The summed E-state index contributed by atoms with van der Waals surface area (Å²) >= 11 is 1.68. The fourth-order valence-electron chi connectivity index (χ4n) is 3.37. The number of carbonyl (C=O) groups excluding carboxylic acids is 1. The Hall–Kier alpha value is -1.49. The van der Waals surface area contributed by atoms with E-state index in [1.165, 1.54) is 5.56 Å². The highest BCUT2D eigenvalue weighted by Crippen LogP contribution is 2.39. The van der Waals surface area contributed by atoms with Crippen molar-refractivity contribution in [2.24, 2.45) is 5.41 Å². The molecule has 0 bridgehead atoms. The van der Waals surface area contributed by atoms with Gasteiger partial charge in [0, 0.05) is 13.1 Å². The van der Waals surface area contributed by atoms with Crippen molar-refractivity contribution >= 4 is 23.6 Å². The number of hydrogen-bond donors (Lipinski definition) is 1. The number of aryl methyl sites for hydroxylation is 1. The molecule has 22 heavy (non-hydrogen) atoms. The first-order chi connectivity index (χ1) is 10.5. The van der Waals surface area contributed by atoms with Crippen molar-refractivity contribution < 1.29 is 14.7 Å². The van der Waals surface area contributed by atoms with Gasteiger partial charge in [-0.05, 0) is 43.1 Å². The first-order valence-electron chi connectivity index (χ1n) is 7.73. The number of benzene rings is 1. The van der Waals surface area contributed by atoms with Crippen molar-refractivity contribution in [3.8, 4) is 0 Å². The number of carbonyl (C=O) groups is 2. The predicted molar refractivity (Wildman–Crippen MR) is 86.9 cm³/mol. The van der Waals surface area contributed by atoms with Gasteiger partial charge in [-0.2, -0.15) is 0 Å². The second-order valence-electron chi connectivity index (χ2n) is 6.43. The predicted octanol–water partition coefficient (Wildman–Crippen LogP) is 2.73. The molecule has 0 spiro atoms. The van der Waals surface area contributed by atoms with Crippen LogP contribution >= 0.6 is 11.8 Å². The average molecular weight is 319 g/mol. The molecule has 4 nitrogen and oxygen atoms in total. The van der Waals surface area contributed by atoms with E-state index in [4.69, 9.17) is 0 Å². The van der Waals surface area contributed by atoms with Crippen LogP contribution in [0.4, 0.5) is 0 Å². The third-order valence-electron chi connectivity index (χ3n) is 4.74. The summed E-state index contributed by atoms with van der Waals surface area (Å²) < 4.78 is 0. The van der Waals surface area contributed by atoms with Crippen LogP contribution in [0.5, 0.6) is 0 Å². The van der Waals surface area contributed by atoms with E-state index >= 15 is 0 Å². The molecule has 2 atom stereocenters. The minimum Gasteiger partial charge on any atom is -0.481 e. The van der Waals surface area contributed by atoms with Crippen LogP contribution in [-0.2, 0) is 16.0 Å². The van der Waals surface area contributed by atoms with Crippen molar-refractivity contribution in [1.29, 1.82) is 0 Å². The average Bonchev–Trinajstić information content (AvgIpc) is 2.53. The molecule has 1 saturated heterocycles. The third kappa shape index (κ3) is 2.74. The summed E-state index contributed by atoms with van der Waals surface area (Å²) in [5.41, 5.74) is 1.54. The Morgan fingerprint density at radius 1 is 1.36 bits per heavy atom. The summed E-state index contributed by atoms with van der Waals surface area (Å²) in [6.45, 7) is 2.73. The van der Waals surface area contributed by atoms with Crippen LogP contribution in [0, 0.1) is 5.41 Å². The molecule has 2 aliphatic heterocycles. The van der Waals surface area contributed by atoms with Gasteiger partial charge in [0.2, 0.25) is 5.91 Å². The molecule has 2 heterocycles. The molecule has 1 aromatic rings. The molecule has 0 radical (unpaired) electrons. The lowest BCUT2D eigenvalue weighted by molar-refractivity contribution is -0.153. The van der Waals surface area contributed by atoms with Gasteiger partial charge in [0.1, 0.15) is 5.25 Å². The molecule has 0 saturated carbocycles. The van der Waals surface area contributed by atoms with Gasteiger partial charge in [-0.3, -0.25) is 9.59 Å². The summed E-state index contributed by atoms with van der Waals surface area (Å²) in [5, 5.41) is 9.24. The summed E-state index contributed by atoms with van der Waals surface area (Å²) in [6.07, 6.45) is 2.39. The Kier molecular flexibility index (Phi) is 4.17. The number of carboxylic acid groups (broad SMARTS) is 1. The molecule has 118 valence electrons. The number of thioether (sulfide) groups is 1. The minimum absolute atomic E-state index is 0.0734. The molecule has 0 aromatic heterocycles. The molecule has 1 fully saturated rings. The van der Waals surface area contributed by atoms with Crippen LogP contribution in [0.2, 0.25) is 0 Å².